The van der Waals surface area contributed by atoms with E-state index >= 15 is 0 Å². The molecule has 0 aromatic rings. The molecule has 1 rings (SSSR count). The lowest BCUT2D eigenvalue weighted by Gasteiger charge is -2.39. The van der Waals surface area contributed by atoms with E-state index in [0.29, 0.717) is 0 Å². The third-order valence-electron chi connectivity index (χ3n) is 3.26. The average molecular weight is 332 g/mol. The van der Waals surface area contributed by atoms with Crippen LogP contribution in [0.4, 0.5) is 0 Å². The van der Waals surface area contributed by atoms with E-state index in [0.717, 1.165) is 0 Å². The van der Waals surface area contributed by atoms with Gasteiger partial charge in [-0.15, -0.1) is 0 Å². The fraction of sp³-hybridized carbons (Fsp3) is 1.00. The Bertz CT molecular complexity index is 235. The molecule has 0 aromatic heterocycles. The highest BCUT2D eigenvalue weighted by molar-refractivity contribution is 4.98. The molecule has 11 heteroatoms. The van der Waals surface area contributed by atoms with E-state index in [4.69, 9.17) is 56.2 Å². The zero-order valence-electron chi connectivity index (χ0n) is 11.5. The normalized spacial score (nSPS) is 39.4. The van der Waals surface area contributed by atoms with Gasteiger partial charge in [0.1, 0.15) is 54.9 Å². The maximum absolute atomic E-state index is 8.97. The Balaban J connectivity index is 0.000000409. The summed E-state index contributed by atoms with van der Waals surface area (Å²) in [4.78, 5) is 0. The molecule has 0 radical (unpaired) electrons. The van der Waals surface area contributed by atoms with Crippen LogP contribution in [0.5, 0.6) is 0 Å². The Kier molecular flexibility index (Phi) is 9.45. The predicted molar refractivity (Wildman–Crippen MR) is 68.2 cm³/mol. The molecule has 0 saturated heterocycles. The topological polar surface area (TPSA) is 223 Å². The van der Waals surface area contributed by atoms with Crippen molar-refractivity contribution in [3.05, 3.63) is 0 Å². The van der Waals surface area contributed by atoms with Gasteiger partial charge in [0.05, 0.1) is 13.2 Å². The molecule has 0 bridgehead atoms. The van der Waals surface area contributed by atoms with E-state index in [1.807, 2.05) is 0 Å². The maximum atomic E-state index is 8.97. The number of rotatable bonds is 4. The molecule has 1 unspecified atom stereocenters. The van der Waals surface area contributed by atoms with Gasteiger partial charge >= 0.3 is 0 Å². The summed E-state index contributed by atoms with van der Waals surface area (Å²) in [5.41, 5.74) is 0. The van der Waals surface area contributed by atoms with E-state index in [-0.39, 0.29) is 0 Å². The van der Waals surface area contributed by atoms with Gasteiger partial charge in [-0.25, -0.2) is 0 Å². The van der Waals surface area contributed by atoms with Crippen molar-refractivity contribution in [3.63, 3.8) is 0 Å². The quantitative estimate of drug-likeness (QED) is 0.232. The summed E-state index contributed by atoms with van der Waals surface area (Å²) in [5.74, 6) is 0. The molecule has 1 aliphatic carbocycles. The maximum Gasteiger partial charge on any atom is 0.111 e. The molecule has 22 heavy (non-hydrogen) atoms. The SMILES string of the molecule is OC1C(O)C(O)C(O)C(O)C1O.OC[C@@H](O)C(O)[C@@H](O)CO. The van der Waals surface area contributed by atoms with E-state index in [9.17, 15) is 0 Å². The summed E-state index contributed by atoms with van der Waals surface area (Å²) >= 11 is 0. The van der Waals surface area contributed by atoms with Crippen LogP contribution in [0, 0.1) is 0 Å². The van der Waals surface area contributed by atoms with Crippen LogP contribution in [-0.4, -0.2) is 124 Å². The summed E-state index contributed by atoms with van der Waals surface area (Å²) in [5, 5.41) is 96.4. The zero-order valence-corrected chi connectivity index (χ0v) is 11.5. The third-order valence-corrected chi connectivity index (χ3v) is 3.26. The smallest absolute Gasteiger partial charge is 0.111 e. The van der Waals surface area contributed by atoms with Crippen LogP contribution in [-0.2, 0) is 0 Å². The van der Waals surface area contributed by atoms with E-state index in [1.165, 1.54) is 0 Å². The van der Waals surface area contributed by atoms with Crippen LogP contribution in [0.1, 0.15) is 0 Å². The lowest BCUT2D eigenvalue weighted by molar-refractivity contribution is -0.223. The minimum atomic E-state index is -1.64. The number of hydrogen-bond acceptors (Lipinski definition) is 11. The van der Waals surface area contributed by atoms with Crippen molar-refractivity contribution in [1.82, 2.24) is 0 Å². The highest BCUT2D eigenvalue weighted by atomic mass is 16.4. The van der Waals surface area contributed by atoms with Gasteiger partial charge in [0, 0.05) is 0 Å². The Morgan fingerprint density at radius 3 is 0.818 bits per heavy atom. The fourth-order valence-corrected chi connectivity index (χ4v) is 1.68. The van der Waals surface area contributed by atoms with Crippen molar-refractivity contribution in [1.29, 1.82) is 0 Å². The second-order valence-corrected chi connectivity index (χ2v) is 4.93. The number of aliphatic hydroxyl groups excluding tert-OH is 11. The standard InChI is InChI=1S/C6H12O6.C5H12O5/c7-1-2(8)4(10)6(12)5(11)3(1)9;6-1-3(8)5(10)4(9)2-7/h1-12H;3-10H,1-2H2/t;3-,4+,5?. The van der Waals surface area contributed by atoms with Crippen LogP contribution in [0.25, 0.3) is 0 Å². The van der Waals surface area contributed by atoms with Crippen LogP contribution >= 0.6 is 0 Å². The first-order chi connectivity index (χ1) is 10.1. The molecular weight excluding hydrogens is 308 g/mol. The van der Waals surface area contributed by atoms with Crippen LogP contribution in [0.2, 0.25) is 0 Å². The first kappa shape index (κ1) is 21.6. The molecule has 1 fully saturated rings. The first-order valence-electron chi connectivity index (χ1n) is 6.44. The molecule has 0 heterocycles. The first-order valence-corrected chi connectivity index (χ1v) is 6.44. The lowest BCUT2D eigenvalue weighted by Crippen LogP contribution is -2.63. The molecule has 0 spiro atoms. The van der Waals surface area contributed by atoms with Gasteiger partial charge in [-0.2, -0.15) is 0 Å². The Labute approximate surface area is 125 Å². The highest BCUT2D eigenvalue weighted by Gasteiger charge is 2.47. The number of aliphatic hydroxyl groups is 11. The Morgan fingerprint density at radius 2 is 0.682 bits per heavy atom. The van der Waals surface area contributed by atoms with Gasteiger partial charge in [-0.05, 0) is 0 Å². The van der Waals surface area contributed by atoms with E-state index in [1.54, 1.807) is 0 Å². The molecule has 134 valence electrons. The summed E-state index contributed by atoms with van der Waals surface area (Å²) < 4.78 is 0. The van der Waals surface area contributed by atoms with Gasteiger partial charge in [0.2, 0.25) is 0 Å². The average Bonchev–Trinajstić information content (AvgIpc) is 2.54. The van der Waals surface area contributed by atoms with Crippen molar-refractivity contribution in [2.24, 2.45) is 0 Å². The molecular formula is C11H24O11. The molecule has 0 aromatic carbocycles. The fourth-order valence-electron chi connectivity index (χ4n) is 1.68. The van der Waals surface area contributed by atoms with Gasteiger partial charge in [0.15, 0.2) is 0 Å². The Hall–Kier alpha value is -0.440. The van der Waals surface area contributed by atoms with Crippen LogP contribution < -0.4 is 0 Å². The predicted octanol–water partition coefficient (Wildman–Crippen LogP) is -6.78. The van der Waals surface area contributed by atoms with Gasteiger partial charge in [-0.3, -0.25) is 0 Å². The Morgan fingerprint density at radius 1 is 0.500 bits per heavy atom. The molecule has 11 nitrogen and oxygen atoms in total. The monoisotopic (exact) mass is 332 g/mol. The minimum absolute atomic E-state index is 0.641. The summed E-state index contributed by atoms with van der Waals surface area (Å²) in [7, 11) is 0. The molecule has 3 atom stereocenters. The van der Waals surface area contributed by atoms with Crippen molar-refractivity contribution >= 4 is 0 Å². The second-order valence-electron chi connectivity index (χ2n) is 4.93. The largest absolute Gasteiger partial charge is 0.394 e. The van der Waals surface area contributed by atoms with Gasteiger partial charge < -0.3 is 56.2 Å². The van der Waals surface area contributed by atoms with Gasteiger partial charge in [-0.1, -0.05) is 0 Å². The van der Waals surface area contributed by atoms with E-state index in [2.05, 4.69) is 0 Å². The van der Waals surface area contributed by atoms with Crippen molar-refractivity contribution in [3.8, 4) is 0 Å². The molecule has 1 saturated carbocycles. The van der Waals surface area contributed by atoms with Crippen molar-refractivity contribution in [2.75, 3.05) is 13.2 Å². The van der Waals surface area contributed by atoms with Crippen LogP contribution in [0.15, 0.2) is 0 Å². The third kappa shape index (κ3) is 5.33. The molecule has 0 aliphatic heterocycles. The summed E-state index contributed by atoms with van der Waals surface area (Å²) in [6, 6.07) is 0. The molecule has 1 aliphatic rings. The van der Waals surface area contributed by atoms with Crippen molar-refractivity contribution < 1.29 is 56.2 Å². The second kappa shape index (κ2) is 9.64. The number of hydrogen-bond donors (Lipinski definition) is 11. The van der Waals surface area contributed by atoms with E-state index < -0.39 is 68.1 Å². The van der Waals surface area contributed by atoms with Crippen LogP contribution in [0.3, 0.4) is 0 Å². The van der Waals surface area contributed by atoms with Crippen molar-refractivity contribution in [2.45, 2.75) is 54.9 Å². The lowest BCUT2D eigenvalue weighted by atomic mass is 9.85. The minimum Gasteiger partial charge on any atom is -0.394 e. The molecule has 0 amide bonds. The zero-order chi connectivity index (χ0) is 17.6. The highest BCUT2D eigenvalue weighted by Crippen LogP contribution is 2.20. The summed E-state index contributed by atoms with van der Waals surface area (Å²) in [6.45, 7) is -1.28. The van der Waals surface area contributed by atoms with Gasteiger partial charge in [0.25, 0.3) is 0 Å². The summed E-state index contributed by atoms with van der Waals surface area (Å²) in [6.07, 6.45) is -14.1. The molecule has 11 N–H and O–H groups in total.